The number of sulfonamides is 1. The topological polar surface area (TPSA) is 69.7 Å². The number of hydrogen-bond acceptors (Lipinski definition) is 4. The average molecular weight is 402 g/mol. The van der Waals surface area contributed by atoms with Gasteiger partial charge in [0.15, 0.2) is 0 Å². The van der Waals surface area contributed by atoms with Gasteiger partial charge < -0.3 is 10.2 Å². The molecule has 3 rings (SSSR count). The molecule has 0 radical (unpaired) electrons. The van der Waals surface area contributed by atoms with Crippen molar-refractivity contribution in [1.82, 2.24) is 14.5 Å². The van der Waals surface area contributed by atoms with Gasteiger partial charge in [-0.2, -0.15) is 4.31 Å². The number of carbonyl (C=O) groups excluding carboxylic acids is 1. The van der Waals surface area contributed by atoms with Gasteiger partial charge in [-0.3, -0.25) is 4.79 Å². The molecule has 2 fully saturated rings. The molecule has 0 saturated carbocycles. The number of benzene rings is 1. The van der Waals surface area contributed by atoms with Crippen LogP contribution in [0.2, 0.25) is 0 Å². The first kappa shape index (κ1) is 21.2. The fourth-order valence-electron chi connectivity index (χ4n) is 3.48. The van der Waals surface area contributed by atoms with E-state index >= 15 is 0 Å². The van der Waals surface area contributed by atoms with Gasteiger partial charge in [0.05, 0.1) is 4.90 Å². The lowest BCUT2D eigenvalue weighted by atomic mass is 10.0. The minimum atomic E-state index is -3.47. The Balaban J connectivity index is 0.00000243. The Labute approximate surface area is 162 Å². The Morgan fingerprint density at radius 3 is 2.38 bits per heavy atom. The smallest absolute Gasteiger partial charge is 0.243 e. The van der Waals surface area contributed by atoms with Gasteiger partial charge in [0.1, 0.15) is 0 Å². The second-order valence-electron chi connectivity index (χ2n) is 7.00. The number of nitrogens with zero attached hydrogens (tertiary/aromatic N) is 2. The lowest BCUT2D eigenvalue weighted by molar-refractivity contribution is -0.132. The van der Waals surface area contributed by atoms with Gasteiger partial charge in [-0.1, -0.05) is 17.7 Å². The highest BCUT2D eigenvalue weighted by atomic mass is 35.5. The van der Waals surface area contributed by atoms with Crippen LogP contribution in [-0.4, -0.2) is 62.8 Å². The highest BCUT2D eigenvalue weighted by molar-refractivity contribution is 7.89. The summed E-state index contributed by atoms with van der Waals surface area (Å²) in [5, 5.41) is 3.32. The number of amides is 1. The summed E-state index contributed by atoms with van der Waals surface area (Å²) in [6.07, 6.45) is 2.64. The minimum Gasteiger partial charge on any atom is -0.340 e. The highest BCUT2D eigenvalue weighted by Crippen LogP contribution is 2.19. The molecule has 2 aliphatic rings. The van der Waals surface area contributed by atoms with Gasteiger partial charge in [0, 0.05) is 32.6 Å². The van der Waals surface area contributed by atoms with E-state index in [0.717, 1.165) is 31.5 Å². The van der Waals surface area contributed by atoms with E-state index < -0.39 is 10.0 Å². The zero-order chi connectivity index (χ0) is 17.9. The van der Waals surface area contributed by atoms with E-state index in [2.05, 4.69) is 5.32 Å². The Kier molecular flexibility index (Phi) is 7.46. The first-order valence-electron chi connectivity index (χ1n) is 9.02. The second-order valence-corrected chi connectivity index (χ2v) is 8.93. The van der Waals surface area contributed by atoms with E-state index in [1.807, 2.05) is 24.0 Å². The van der Waals surface area contributed by atoms with Crippen molar-refractivity contribution in [2.75, 3.05) is 39.3 Å². The number of aryl methyl sites for hydroxylation is 1. The van der Waals surface area contributed by atoms with Crippen LogP contribution in [0.5, 0.6) is 0 Å². The van der Waals surface area contributed by atoms with E-state index in [1.54, 1.807) is 12.1 Å². The SMILES string of the molecule is Cc1ccc(S(=O)(=O)N2CCN(C(=O)CCC3CCNC3)CC2)cc1.Cl. The van der Waals surface area contributed by atoms with Crippen LogP contribution in [0, 0.1) is 12.8 Å². The third-order valence-electron chi connectivity index (χ3n) is 5.18. The summed E-state index contributed by atoms with van der Waals surface area (Å²) in [5.74, 6) is 0.756. The molecule has 1 atom stereocenters. The van der Waals surface area contributed by atoms with Gasteiger partial charge in [-0.15, -0.1) is 12.4 Å². The molecule has 0 aliphatic carbocycles. The molecule has 6 nitrogen and oxygen atoms in total. The molecule has 1 amide bonds. The predicted octanol–water partition coefficient (Wildman–Crippen LogP) is 1.64. The minimum absolute atomic E-state index is 0. The average Bonchev–Trinajstić information content (AvgIpc) is 3.14. The number of piperazine rings is 1. The molecule has 2 heterocycles. The maximum atomic E-state index is 12.7. The maximum absolute atomic E-state index is 12.7. The number of carbonyl (C=O) groups is 1. The third kappa shape index (κ3) is 4.97. The van der Waals surface area contributed by atoms with Gasteiger partial charge in [0.2, 0.25) is 15.9 Å². The van der Waals surface area contributed by atoms with E-state index in [1.165, 1.54) is 4.31 Å². The lowest BCUT2D eigenvalue weighted by Crippen LogP contribution is -2.50. The summed E-state index contributed by atoms with van der Waals surface area (Å²) in [6, 6.07) is 6.92. The van der Waals surface area contributed by atoms with Crippen LogP contribution in [0.15, 0.2) is 29.2 Å². The fourth-order valence-corrected chi connectivity index (χ4v) is 4.91. The summed E-state index contributed by atoms with van der Waals surface area (Å²) in [7, 11) is -3.47. The van der Waals surface area contributed by atoms with Crippen LogP contribution in [0.4, 0.5) is 0 Å². The zero-order valence-corrected chi connectivity index (χ0v) is 16.8. The monoisotopic (exact) mass is 401 g/mol. The van der Waals surface area contributed by atoms with Crippen molar-refractivity contribution in [3.05, 3.63) is 29.8 Å². The number of halogens is 1. The number of hydrogen-bond donors (Lipinski definition) is 1. The van der Waals surface area contributed by atoms with Gasteiger partial charge in [-0.05, 0) is 50.9 Å². The van der Waals surface area contributed by atoms with Crippen molar-refractivity contribution in [1.29, 1.82) is 0 Å². The van der Waals surface area contributed by atoms with Crippen molar-refractivity contribution in [2.45, 2.75) is 31.1 Å². The summed E-state index contributed by atoms with van der Waals surface area (Å²) in [4.78, 5) is 14.5. The predicted molar refractivity (Wildman–Crippen MR) is 104 cm³/mol. The van der Waals surface area contributed by atoms with Crippen molar-refractivity contribution in [2.24, 2.45) is 5.92 Å². The van der Waals surface area contributed by atoms with E-state index in [0.29, 0.717) is 43.4 Å². The van der Waals surface area contributed by atoms with Gasteiger partial charge >= 0.3 is 0 Å². The Morgan fingerprint density at radius 2 is 1.81 bits per heavy atom. The van der Waals surface area contributed by atoms with Crippen LogP contribution in [0.25, 0.3) is 0 Å². The van der Waals surface area contributed by atoms with E-state index in [-0.39, 0.29) is 18.3 Å². The number of rotatable bonds is 5. The first-order chi connectivity index (χ1) is 12.0. The standard InChI is InChI=1S/C18H27N3O3S.ClH/c1-15-2-5-17(6-3-15)25(23,24)21-12-10-20(11-13-21)18(22)7-4-16-8-9-19-14-16;/h2-3,5-6,16,19H,4,7-14H2,1H3;1H. The van der Waals surface area contributed by atoms with Crippen LogP contribution in [0.1, 0.15) is 24.8 Å². The molecule has 1 unspecified atom stereocenters. The van der Waals surface area contributed by atoms with Crippen LogP contribution in [-0.2, 0) is 14.8 Å². The van der Waals surface area contributed by atoms with Gasteiger partial charge in [-0.25, -0.2) is 8.42 Å². The molecule has 2 saturated heterocycles. The Morgan fingerprint density at radius 1 is 1.15 bits per heavy atom. The van der Waals surface area contributed by atoms with E-state index in [9.17, 15) is 13.2 Å². The molecule has 1 N–H and O–H groups in total. The Hall–Kier alpha value is -1.15. The molecule has 0 bridgehead atoms. The largest absolute Gasteiger partial charge is 0.340 e. The third-order valence-corrected chi connectivity index (χ3v) is 7.09. The molecule has 146 valence electrons. The molecule has 1 aromatic carbocycles. The summed E-state index contributed by atoms with van der Waals surface area (Å²) >= 11 is 0. The van der Waals surface area contributed by atoms with Crippen LogP contribution >= 0.6 is 12.4 Å². The summed E-state index contributed by atoms with van der Waals surface area (Å²) in [6.45, 7) is 5.69. The molecule has 26 heavy (non-hydrogen) atoms. The van der Waals surface area contributed by atoms with Crippen molar-refractivity contribution in [3.63, 3.8) is 0 Å². The normalized spacial score (nSPS) is 21.4. The van der Waals surface area contributed by atoms with Crippen molar-refractivity contribution >= 4 is 28.3 Å². The quantitative estimate of drug-likeness (QED) is 0.814. The second kappa shape index (κ2) is 9.17. The molecule has 1 aromatic rings. The lowest BCUT2D eigenvalue weighted by Gasteiger charge is -2.34. The van der Waals surface area contributed by atoms with E-state index in [4.69, 9.17) is 0 Å². The Bertz CT molecular complexity index is 695. The molecule has 8 heteroatoms. The van der Waals surface area contributed by atoms with Crippen molar-refractivity contribution < 1.29 is 13.2 Å². The molecule has 2 aliphatic heterocycles. The van der Waals surface area contributed by atoms with Crippen LogP contribution in [0.3, 0.4) is 0 Å². The highest BCUT2D eigenvalue weighted by Gasteiger charge is 2.30. The molecule has 0 aromatic heterocycles. The molecular formula is C18H28ClN3O3S. The van der Waals surface area contributed by atoms with Crippen molar-refractivity contribution in [3.8, 4) is 0 Å². The maximum Gasteiger partial charge on any atom is 0.243 e. The van der Waals surface area contributed by atoms with Crippen LogP contribution < -0.4 is 5.32 Å². The summed E-state index contributed by atoms with van der Waals surface area (Å²) in [5.41, 5.74) is 1.03. The first-order valence-corrected chi connectivity index (χ1v) is 10.5. The fraction of sp³-hybridized carbons (Fsp3) is 0.611. The summed E-state index contributed by atoms with van der Waals surface area (Å²) < 4.78 is 26.9. The van der Waals surface area contributed by atoms with Gasteiger partial charge in [0.25, 0.3) is 0 Å². The molecule has 0 spiro atoms. The number of nitrogens with one attached hydrogen (secondary N) is 1. The zero-order valence-electron chi connectivity index (χ0n) is 15.2. The molecular weight excluding hydrogens is 374 g/mol.